The predicted molar refractivity (Wildman–Crippen MR) is 167 cm³/mol. The third kappa shape index (κ3) is 8.12. The van der Waals surface area contributed by atoms with Crippen LogP contribution in [0.1, 0.15) is 59.1 Å². The molecule has 0 saturated heterocycles. The van der Waals surface area contributed by atoms with E-state index in [-0.39, 0.29) is 32.4 Å². The maximum absolute atomic E-state index is 14.0. The minimum absolute atomic E-state index is 0.00574. The summed E-state index contributed by atoms with van der Waals surface area (Å²) in [6, 6.07) is 17.8. The molecular formula is C32H27Cl3F2N6. The summed E-state index contributed by atoms with van der Waals surface area (Å²) >= 11 is 16.6. The Balaban J connectivity index is 0.000000162. The van der Waals surface area contributed by atoms with Crippen LogP contribution in [0.2, 0.25) is 15.5 Å². The Morgan fingerprint density at radius 3 is 1.86 bits per heavy atom. The van der Waals surface area contributed by atoms with Crippen LogP contribution in [-0.2, 0) is 25.7 Å². The standard InChI is InChI=1S/C16H13ClFN3.C10H13N.C6HCl2FN2/c17-15-11(9-19)8-13(18)16(21-15)20-14-7-3-5-10-4-1-2-6-12(10)14;11-10-7-3-5-8-4-1-2-6-9(8)10;7-5-3(2-10)1-4(9)6(8)11-5/h3,5,7-8H,1-2,4,6H2,(H,20,21);3,5,7H,1-2,4,6,11H2;1H. The van der Waals surface area contributed by atoms with Crippen molar-refractivity contribution >= 4 is 52.0 Å². The maximum atomic E-state index is 14.0. The number of rotatable bonds is 2. The molecule has 220 valence electrons. The van der Waals surface area contributed by atoms with Gasteiger partial charge >= 0.3 is 0 Å². The second-order valence-corrected chi connectivity index (χ2v) is 11.0. The van der Waals surface area contributed by atoms with Gasteiger partial charge in [-0.25, -0.2) is 18.7 Å². The molecule has 0 spiro atoms. The van der Waals surface area contributed by atoms with E-state index in [1.54, 1.807) is 6.07 Å². The van der Waals surface area contributed by atoms with Crippen molar-refractivity contribution in [2.75, 3.05) is 11.1 Å². The summed E-state index contributed by atoms with van der Waals surface area (Å²) in [6.07, 6.45) is 9.39. The van der Waals surface area contributed by atoms with Crippen LogP contribution in [0, 0.1) is 34.3 Å². The van der Waals surface area contributed by atoms with Crippen molar-refractivity contribution in [1.82, 2.24) is 9.97 Å². The molecule has 0 aliphatic heterocycles. The highest BCUT2D eigenvalue weighted by Crippen LogP contribution is 2.31. The number of aromatic nitrogens is 2. The SMILES string of the molecule is N#Cc1cc(F)c(Cl)nc1Cl.N#Cc1cc(F)c(Nc2cccc3c2CCCC3)nc1Cl.Nc1cccc2c1CCCC2. The fraction of sp³-hybridized carbons (Fsp3) is 0.250. The number of pyridine rings is 2. The van der Waals surface area contributed by atoms with Crippen molar-refractivity contribution in [2.45, 2.75) is 51.4 Å². The molecule has 11 heteroatoms. The van der Waals surface area contributed by atoms with Gasteiger partial charge in [-0.3, -0.25) is 0 Å². The molecular weight excluding hydrogens is 613 g/mol. The Labute approximate surface area is 264 Å². The number of fused-ring (bicyclic) bond motifs is 2. The smallest absolute Gasteiger partial charge is 0.168 e. The summed E-state index contributed by atoms with van der Waals surface area (Å²) in [5.74, 6) is -1.27. The average Bonchev–Trinajstić information content (AvgIpc) is 3.02. The Kier molecular flexibility index (Phi) is 11.1. The van der Waals surface area contributed by atoms with Crippen molar-refractivity contribution in [3.63, 3.8) is 0 Å². The molecule has 43 heavy (non-hydrogen) atoms. The molecule has 0 bridgehead atoms. The van der Waals surface area contributed by atoms with Crippen molar-refractivity contribution < 1.29 is 8.78 Å². The lowest BCUT2D eigenvalue weighted by atomic mass is 9.90. The highest BCUT2D eigenvalue weighted by Gasteiger charge is 2.16. The van der Waals surface area contributed by atoms with Gasteiger partial charge in [0.15, 0.2) is 22.6 Å². The van der Waals surface area contributed by atoms with E-state index in [0.717, 1.165) is 42.8 Å². The summed E-state index contributed by atoms with van der Waals surface area (Å²) < 4.78 is 26.5. The molecule has 0 radical (unpaired) electrons. The van der Waals surface area contributed by atoms with E-state index < -0.39 is 11.6 Å². The first-order valence-corrected chi connectivity index (χ1v) is 14.8. The number of aryl methyl sites for hydroxylation is 2. The zero-order valence-corrected chi connectivity index (χ0v) is 25.3. The molecule has 0 fully saturated rings. The average molecular weight is 640 g/mol. The molecule has 6 nitrogen and oxygen atoms in total. The van der Waals surface area contributed by atoms with Gasteiger partial charge in [-0.05, 0) is 97.9 Å². The number of nitrogen functional groups attached to an aromatic ring is 1. The number of nitrogens with two attached hydrogens (primary N) is 1. The number of hydrogen-bond acceptors (Lipinski definition) is 6. The molecule has 0 saturated carbocycles. The molecule has 0 atom stereocenters. The van der Waals surface area contributed by atoms with Gasteiger partial charge in [-0.2, -0.15) is 10.5 Å². The van der Waals surface area contributed by atoms with E-state index in [2.05, 4.69) is 33.5 Å². The summed E-state index contributed by atoms with van der Waals surface area (Å²) in [7, 11) is 0. The maximum Gasteiger partial charge on any atom is 0.168 e. The van der Waals surface area contributed by atoms with Gasteiger partial charge in [0.25, 0.3) is 0 Å². The minimum atomic E-state index is -0.743. The largest absolute Gasteiger partial charge is 0.398 e. The van der Waals surface area contributed by atoms with Gasteiger partial charge in [0.05, 0.1) is 11.1 Å². The van der Waals surface area contributed by atoms with Gasteiger partial charge < -0.3 is 11.1 Å². The van der Waals surface area contributed by atoms with Crippen LogP contribution in [0.3, 0.4) is 0 Å². The normalized spacial score (nSPS) is 13.0. The van der Waals surface area contributed by atoms with E-state index in [4.69, 9.17) is 51.1 Å². The molecule has 2 aromatic carbocycles. The summed E-state index contributed by atoms with van der Waals surface area (Å²) in [4.78, 5) is 7.32. The van der Waals surface area contributed by atoms with Crippen LogP contribution in [0.4, 0.5) is 26.0 Å². The Morgan fingerprint density at radius 2 is 1.23 bits per heavy atom. The fourth-order valence-electron chi connectivity index (χ4n) is 4.99. The molecule has 2 aliphatic rings. The fourth-order valence-corrected chi connectivity index (χ4v) is 5.54. The van der Waals surface area contributed by atoms with Gasteiger partial charge in [-0.1, -0.05) is 59.1 Å². The number of benzene rings is 2. The lowest BCUT2D eigenvalue weighted by Crippen LogP contribution is -2.07. The molecule has 0 amide bonds. The van der Waals surface area contributed by atoms with Gasteiger partial charge in [0, 0.05) is 11.4 Å². The number of nitriles is 2. The first-order valence-electron chi connectivity index (χ1n) is 13.6. The lowest BCUT2D eigenvalue weighted by Gasteiger charge is -2.20. The van der Waals surface area contributed by atoms with Crippen LogP contribution in [0.15, 0.2) is 48.5 Å². The topological polar surface area (TPSA) is 111 Å². The van der Waals surface area contributed by atoms with E-state index in [0.29, 0.717) is 0 Å². The first kappa shape index (κ1) is 32.0. The summed E-state index contributed by atoms with van der Waals surface area (Å²) in [6.45, 7) is 0. The van der Waals surface area contributed by atoms with Crippen LogP contribution in [0.5, 0.6) is 0 Å². The monoisotopic (exact) mass is 638 g/mol. The third-order valence-corrected chi connectivity index (χ3v) is 7.98. The van der Waals surface area contributed by atoms with E-state index in [1.807, 2.05) is 24.3 Å². The molecule has 6 rings (SSSR count). The number of halogens is 5. The van der Waals surface area contributed by atoms with Crippen molar-refractivity contribution in [3.8, 4) is 12.1 Å². The number of hydrogen-bond donors (Lipinski definition) is 2. The van der Waals surface area contributed by atoms with E-state index in [9.17, 15) is 8.78 Å². The Hall–Kier alpha value is -3.95. The molecule has 2 heterocycles. The second kappa shape index (κ2) is 15.0. The van der Waals surface area contributed by atoms with Crippen molar-refractivity contribution in [1.29, 1.82) is 10.5 Å². The summed E-state index contributed by atoms with van der Waals surface area (Å²) in [5, 5.41) is 19.8. The van der Waals surface area contributed by atoms with Crippen molar-refractivity contribution in [2.24, 2.45) is 0 Å². The molecule has 2 aromatic heterocycles. The molecule has 2 aliphatic carbocycles. The number of nitrogens with one attached hydrogen (secondary N) is 1. The zero-order chi connectivity index (χ0) is 30.9. The molecule has 3 N–H and O–H groups in total. The third-order valence-electron chi connectivity index (χ3n) is 7.14. The Bertz CT molecular complexity index is 1720. The zero-order valence-electron chi connectivity index (χ0n) is 23.0. The Morgan fingerprint density at radius 1 is 0.698 bits per heavy atom. The van der Waals surface area contributed by atoms with Crippen molar-refractivity contribution in [3.05, 3.63) is 109 Å². The quantitative estimate of drug-likeness (QED) is 0.167. The molecule has 0 unspecified atom stereocenters. The van der Waals surface area contributed by atoms with Crippen LogP contribution in [0.25, 0.3) is 0 Å². The molecule has 4 aromatic rings. The second-order valence-electron chi connectivity index (χ2n) is 9.95. The first-order chi connectivity index (χ1) is 20.7. The van der Waals surface area contributed by atoms with Gasteiger partial charge in [-0.15, -0.1) is 0 Å². The highest BCUT2D eigenvalue weighted by atomic mass is 35.5. The van der Waals surface area contributed by atoms with Crippen LogP contribution < -0.4 is 11.1 Å². The van der Waals surface area contributed by atoms with Gasteiger partial charge in [0.1, 0.15) is 22.4 Å². The number of nitrogens with zero attached hydrogens (tertiary/aromatic N) is 4. The van der Waals surface area contributed by atoms with E-state index in [1.165, 1.54) is 54.4 Å². The van der Waals surface area contributed by atoms with Crippen LogP contribution >= 0.6 is 34.8 Å². The van der Waals surface area contributed by atoms with E-state index >= 15 is 0 Å². The minimum Gasteiger partial charge on any atom is -0.398 e. The highest BCUT2D eigenvalue weighted by molar-refractivity contribution is 6.33. The lowest BCUT2D eigenvalue weighted by molar-refractivity contribution is 0.621. The van der Waals surface area contributed by atoms with Gasteiger partial charge in [0.2, 0.25) is 0 Å². The predicted octanol–water partition coefficient (Wildman–Crippen LogP) is 8.91. The summed E-state index contributed by atoms with van der Waals surface area (Å²) in [5.41, 5.74) is 13.1. The number of anilines is 3. The van der Waals surface area contributed by atoms with Crippen LogP contribution in [-0.4, -0.2) is 9.97 Å².